The molecule has 1 amide bonds. The van der Waals surface area contributed by atoms with E-state index in [9.17, 15) is 24.6 Å². The molecule has 0 atom stereocenters. The number of hydrogen-bond acceptors (Lipinski definition) is 6. The normalized spacial score (nSPS) is 11.3. The van der Waals surface area contributed by atoms with E-state index in [1.54, 1.807) is 43.3 Å². The molecule has 4 N–H and O–H groups in total. The zero-order valence-corrected chi connectivity index (χ0v) is 16.3. The summed E-state index contributed by atoms with van der Waals surface area (Å²) in [6.45, 7) is 3.55. The van der Waals surface area contributed by atoms with Gasteiger partial charge >= 0.3 is 5.69 Å². The van der Waals surface area contributed by atoms with Crippen molar-refractivity contribution >= 4 is 11.6 Å². The second-order valence-electron chi connectivity index (χ2n) is 6.50. The largest absolute Gasteiger partial charge is 0.507 e. The Morgan fingerprint density at radius 3 is 2.40 bits per heavy atom. The van der Waals surface area contributed by atoms with Crippen LogP contribution in [0.4, 0.5) is 0 Å². The molecule has 1 aromatic heterocycles. The van der Waals surface area contributed by atoms with Gasteiger partial charge in [-0.25, -0.2) is 14.8 Å². The van der Waals surface area contributed by atoms with Crippen molar-refractivity contribution in [2.24, 2.45) is 5.10 Å². The summed E-state index contributed by atoms with van der Waals surface area (Å²) in [5.41, 5.74) is 1.75. The summed E-state index contributed by atoms with van der Waals surface area (Å²) in [6, 6.07) is 12.7. The fourth-order valence-corrected chi connectivity index (χ4v) is 2.87. The monoisotopic (exact) mass is 408 g/mol. The molecule has 0 fully saturated rings. The minimum Gasteiger partial charge on any atom is -0.507 e. The zero-order chi connectivity index (χ0) is 21.8. The minimum absolute atomic E-state index is 0.000500. The van der Waals surface area contributed by atoms with Crippen LogP contribution in [0.1, 0.15) is 34.8 Å². The van der Waals surface area contributed by atoms with E-state index in [0.717, 1.165) is 10.1 Å². The summed E-state index contributed by atoms with van der Waals surface area (Å²) < 4.78 is 0.951. The van der Waals surface area contributed by atoms with Gasteiger partial charge in [-0.1, -0.05) is 36.8 Å². The third-order valence-electron chi connectivity index (χ3n) is 4.44. The van der Waals surface area contributed by atoms with Crippen molar-refractivity contribution in [3.05, 3.63) is 86.1 Å². The first-order valence-corrected chi connectivity index (χ1v) is 9.14. The third kappa shape index (κ3) is 4.00. The molecule has 0 saturated heterocycles. The van der Waals surface area contributed by atoms with Gasteiger partial charge in [0.05, 0.1) is 17.0 Å². The Labute approximate surface area is 171 Å². The maximum absolute atomic E-state index is 12.4. The Balaban J connectivity index is 2.05. The number of phenols is 1. The van der Waals surface area contributed by atoms with Crippen molar-refractivity contribution in [1.29, 1.82) is 0 Å². The van der Waals surface area contributed by atoms with Gasteiger partial charge in [0.15, 0.2) is 0 Å². The van der Waals surface area contributed by atoms with E-state index in [2.05, 4.69) is 15.5 Å². The molecule has 0 radical (unpaired) electrons. The number of aryl methyl sites for hydroxylation is 1. The lowest BCUT2D eigenvalue weighted by molar-refractivity contribution is 0.0952. The van der Waals surface area contributed by atoms with Crippen LogP contribution in [0.25, 0.3) is 5.69 Å². The molecule has 0 aliphatic carbocycles. The molecule has 2 aromatic carbocycles. The van der Waals surface area contributed by atoms with E-state index in [0.29, 0.717) is 5.69 Å². The molecular weight excluding hydrogens is 388 g/mol. The van der Waals surface area contributed by atoms with Gasteiger partial charge in [0.25, 0.3) is 11.5 Å². The number of phenolic OH excluding ortho intramolecular Hbond substituents is 1. The first-order chi connectivity index (χ1) is 14.3. The topological polar surface area (TPSA) is 137 Å². The highest BCUT2D eigenvalue weighted by molar-refractivity contribution is 6.03. The average Bonchev–Trinajstić information content (AvgIpc) is 2.71. The number of nitrogens with one attached hydrogen (secondary N) is 2. The van der Waals surface area contributed by atoms with E-state index < -0.39 is 23.0 Å². The van der Waals surface area contributed by atoms with Gasteiger partial charge in [-0.2, -0.15) is 5.10 Å². The highest BCUT2D eigenvalue weighted by atomic mass is 16.3. The van der Waals surface area contributed by atoms with E-state index in [4.69, 9.17) is 0 Å². The Morgan fingerprint density at radius 1 is 1.10 bits per heavy atom. The van der Waals surface area contributed by atoms with Crippen molar-refractivity contribution in [2.45, 2.75) is 20.3 Å². The highest BCUT2D eigenvalue weighted by Gasteiger charge is 2.20. The lowest BCUT2D eigenvalue weighted by Gasteiger charge is -2.12. The van der Waals surface area contributed by atoms with Crippen LogP contribution in [0.3, 0.4) is 0 Å². The van der Waals surface area contributed by atoms with Crippen molar-refractivity contribution in [1.82, 2.24) is 15.0 Å². The van der Waals surface area contributed by atoms with Crippen molar-refractivity contribution in [2.75, 3.05) is 0 Å². The number of aromatic hydroxyl groups is 2. The maximum atomic E-state index is 12.4. The number of carbonyl (C=O) groups excluding carboxylic acids is 1. The lowest BCUT2D eigenvalue weighted by atomic mass is 10.1. The highest BCUT2D eigenvalue weighted by Crippen LogP contribution is 2.19. The van der Waals surface area contributed by atoms with Gasteiger partial charge in [0.2, 0.25) is 5.88 Å². The smallest absolute Gasteiger partial charge is 0.335 e. The number of rotatable bonds is 5. The van der Waals surface area contributed by atoms with Crippen LogP contribution in [0.2, 0.25) is 0 Å². The number of nitrogens with zero attached hydrogens (tertiary/aromatic N) is 2. The first-order valence-electron chi connectivity index (χ1n) is 9.14. The standard InChI is InChI=1S/C21H20N4O5/c1-3-15(23-24-18(27)14-6-4-5-7-16(14)26)17-19(28)22-21(30)25(20(17)29)13-10-8-12(2)9-11-13/h4-11,26,29H,3H2,1-2H3,(H,24,27)(H,22,28,30). The zero-order valence-electron chi connectivity index (χ0n) is 16.3. The van der Waals surface area contributed by atoms with Crippen LogP contribution in [-0.2, 0) is 0 Å². The lowest BCUT2D eigenvalue weighted by Crippen LogP contribution is -2.34. The average molecular weight is 408 g/mol. The SMILES string of the molecule is CCC(=NNC(=O)c1ccccc1O)c1c(O)n(-c2ccc(C)cc2)c(=O)[nH]c1=O. The summed E-state index contributed by atoms with van der Waals surface area (Å²) in [5.74, 6) is -1.51. The van der Waals surface area contributed by atoms with Gasteiger partial charge in [0.1, 0.15) is 11.3 Å². The molecule has 1 heterocycles. The number of aromatic nitrogens is 2. The Hall–Kier alpha value is -4.14. The first kappa shape index (κ1) is 20.6. The van der Waals surface area contributed by atoms with Gasteiger partial charge in [-0.05, 0) is 37.6 Å². The molecule has 0 aliphatic heterocycles. The number of benzene rings is 2. The van der Waals surface area contributed by atoms with Gasteiger partial charge < -0.3 is 10.2 Å². The number of carbonyl (C=O) groups is 1. The van der Waals surface area contributed by atoms with Crippen molar-refractivity contribution in [3.63, 3.8) is 0 Å². The Morgan fingerprint density at radius 2 is 1.77 bits per heavy atom. The van der Waals surface area contributed by atoms with Gasteiger partial charge in [0, 0.05) is 0 Å². The van der Waals surface area contributed by atoms with Crippen LogP contribution >= 0.6 is 0 Å². The van der Waals surface area contributed by atoms with E-state index in [-0.39, 0.29) is 29.0 Å². The van der Waals surface area contributed by atoms with Gasteiger partial charge in [-0.3, -0.25) is 14.6 Å². The number of hydrogen-bond donors (Lipinski definition) is 4. The summed E-state index contributed by atoms with van der Waals surface area (Å²) in [5, 5.41) is 24.4. The fourth-order valence-electron chi connectivity index (χ4n) is 2.87. The Kier molecular flexibility index (Phi) is 5.82. The molecule has 9 nitrogen and oxygen atoms in total. The molecule has 0 spiro atoms. The number of aromatic amines is 1. The molecule has 0 saturated carbocycles. The summed E-state index contributed by atoms with van der Waals surface area (Å²) in [6.07, 6.45) is 0.170. The maximum Gasteiger partial charge on any atom is 0.335 e. The summed E-state index contributed by atoms with van der Waals surface area (Å²) in [7, 11) is 0. The molecule has 9 heteroatoms. The molecule has 3 rings (SSSR count). The number of H-pyrrole nitrogens is 1. The Bertz CT molecular complexity index is 1240. The van der Waals surface area contributed by atoms with E-state index in [1.807, 2.05) is 6.92 Å². The summed E-state index contributed by atoms with van der Waals surface area (Å²) >= 11 is 0. The van der Waals surface area contributed by atoms with Crippen molar-refractivity contribution < 1.29 is 15.0 Å². The predicted molar refractivity (Wildman–Crippen MR) is 111 cm³/mol. The molecule has 0 aliphatic rings. The van der Waals surface area contributed by atoms with Gasteiger partial charge in [-0.15, -0.1) is 0 Å². The quantitative estimate of drug-likeness (QED) is 0.377. The second kappa shape index (κ2) is 8.48. The minimum atomic E-state index is -0.835. The van der Waals surface area contributed by atoms with Crippen LogP contribution in [0.5, 0.6) is 11.6 Å². The van der Waals surface area contributed by atoms with Crippen molar-refractivity contribution in [3.8, 4) is 17.3 Å². The van der Waals surface area contributed by atoms with E-state index >= 15 is 0 Å². The molecule has 30 heavy (non-hydrogen) atoms. The molecule has 0 bridgehead atoms. The van der Waals surface area contributed by atoms with Crippen LogP contribution in [0, 0.1) is 6.92 Å². The fraction of sp³-hybridized carbons (Fsp3) is 0.143. The second-order valence-corrected chi connectivity index (χ2v) is 6.50. The number of para-hydroxylation sites is 1. The van der Waals surface area contributed by atoms with Crippen LogP contribution in [0.15, 0.2) is 63.2 Å². The van der Waals surface area contributed by atoms with Crippen LogP contribution in [-0.4, -0.2) is 31.4 Å². The molecule has 154 valence electrons. The molecule has 3 aromatic rings. The molecular formula is C21H20N4O5. The summed E-state index contributed by atoms with van der Waals surface area (Å²) in [4.78, 5) is 39.2. The van der Waals surface area contributed by atoms with Crippen LogP contribution < -0.4 is 16.7 Å². The predicted octanol–water partition coefficient (Wildman–Crippen LogP) is 1.79. The number of amides is 1. The third-order valence-corrected chi connectivity index (χ3v) is 4.44. The number of hydrazone groups is 1. The molecule has 0 unspecified atom stereocenters. The van der Waals surface area contributed by atoms with E-state index in [1.165, 1.54) is 12.1 Å².